The fraction of sp³-hybridized carbons (Fsp3) is 0.500. The van der Waals surface area contributed by atoms with Gasteiger partial charge < -0.3 is 11.1 Å². The molecule has 0 bridgehead atoms. The third-order valence-corrected chi connectivity index (χ3v) is 3.32. The van der Waals surface area contributed by atoms with Gasteiger partial charge in [0.25, 0.3) is 0 Å². The van der Waals surface area contributed by atoms with Crippen molar-refractivity contribution in [2.45, 2.75) is 25.4 Å². The monoisotopic (exact) mass is 247 g/mol. The van der Waals surface area contributed by atoms with Crippen molar-refractivity contribution in [3.05, 3.63) is 35.9 Å². The summed E-state index contributed by atoms with van der Waals surface area (Å²) in [5.41, 5.74) is 6.49. The van der Waals surface area contributed by atoms with E-state index in [1.54, 1.807) is 0 Å². The number of hydrogen-bond acceptors (Lipinski definition) is 3. The molecule has 1 fully saturated rings. The Morgan fingerprint density at radius 3 is 2.89 bits per heavy atom. The van der Waals surface area contributed by atoms with Crippen LogP contribution in [0.25, 0.3) is 0 Å². The van der Waals surface area contributed by atoms with Crippen LogP contribution >= 0.6 is 0 Å². The van der Waals surface area contributed by atoms with Crippen LogP contribution in [-0.4, -0.2) is 36.5 Å². The van der Waals surface area contributed by atoms with Crippen molar-refractivity contribution < 1.29 is 4.79 Å². The average molecular weight is 247 g/mol. The van der Waals surface area contributed by atoms with E-state index in [-0.39, 0.29) is 12.5 Å². The van der Waals surface area contributed by atoms with Crippen LogP contribution in [0.4, 0.5) is 0 Å². The predicted molar refractivity (Wildman–Crippen MR) is 71.9 cm³/mol. The molecular formula is C14H21N3O. The molecule has 1 amide bonds. The van der Waals surface area contributed by atoms with E-state index in [9.17, 15) is 4.79 Å². The molecule has 0 aromatic heterocycles. The van der Waals surface area contributed by atoms with Gasteiger partial charge >= 0.3 is 0 Å². The summed E-state index contributed by atoms with van der Waals surface area (Å²) in [5, 5.41) is 3.22. The minimum Gasteiger partial charge on any atom is -0.369 e. The van der Waals surface area contributed by atoms with Crippen LogP contribution in [0.1, 0.15) is 18.4 Å². The van der Waals surface area contributed by atoms with Crippen molar-refractivity contribution in [2.24, 2.45) is 5.73 Å². The second-order valence-corrected chi connectivity index (χ2v) is 4.91. The van der Waals surface area contributed by atoms with Crippen LogP contribution in [0, 0.1) is 0 Å². The van der Waals surface area contributed by atoms with E-state index in [1.165, 1.54) is 12.0 Å². The molecule has 18 heavy (non-hydrogen) atoms. The number of benzene rings is 1. The number of carbonyl (C=O) groups excluding carboxylic acids is 1. The van der Waals surface area contributed by atoms with Gasteiger partial charge in [0.05, 0.1) is 6.54 Å². The maximum Gasteiger partial charge on any atom is 0.231 e. The van der Waals surface area contributed by atoms with Crippen molar-refractivity contribution in [1.82, 2.24) is 10.2 Å². The van der Waals surface area contributed by atoms with E-state index < -0.39 is 0 Å². The van der Waals surface area contributed by atoms with E-state index >= 15 is 0 Å². The topological polar surface area (TPSA) is 58.4 Å². The number of nitrogens with one attached hydrogen (secondary N) is 1. The van der Waals surface area contributed by atoms with Gasteiger partial charge in [-0.3, -0.25) is 9.69 Å². The Balaban J connectivity index is 1.81. The summed E-state index contributed by atoms with van der Waals surface area (Å²) in [4.78, 5) is 13.2. The zero-order valence-corrected chi connectivity index (χ0v) is 10.6. The Morgan fingerprint density at radius 2 is 2.17 bits per heavy atom. The Hall–Kier alpha value is -1.39. The summed E-state index contributed by atoms with van der Waals surface area (Å²) < 4.78 is 0. The predicted octanol–water partition coefficient (Wildman–Crippen LogP) is 0.726. The number of nitrogens with two attached hydrogens (primary N) is 1. The fourth-order valence-corrected chi connectivity index (χ4v) is 2.45. The first-order chi connectivity index (χ1) is 8.74. The molecule has 3 N–H and O–H groups in total. The van der Waals surface area contributed by atoms with Gasteiger partial charge in [0.15, 0.2) is 0 Å². The summed E-state index contributed by atoms with van der Waals surface area (Å²) in [6.45, 7) is 3.38. The van der Waals surface area contributed by atoms with Gasteiger partial charge in [-0.25, -0.2) is 0 Å². The summed E-state index contributed by atoms with van der Waals surface area (Å²) >= 11 is 0. The third-order valence-electron chi connectivity index (χ3n) is 3.32. The lowest BCUT2D eigenvalue weighted by molar-refractivity contribution is -0.117. The van der Waals surface area contributed by atoms with Gasteiger partial charge in [0, 0.05) is 19.1 Å². The SMILES string of the molecule is NC(=O)CNC1CCCN(Cc2ccccc2)C1. The summed E-state index contributed by atoms with van der Waals surface area (Å²) in [6, 6.07) is 10.9. The molecule has 0 aliphatic carbocycles. The second-order valence-electron chi connectivity index (χ2n) is 4.91. The maximum atomic E-state index is 10.8. The van der Waals surface area contributed by atoms with Gasteiger partial charge in [0.2, 0.25) is 5.91 Å². The molecule has 1 aliphatic rings. The molecule has 1 atom stereocenters. The molecule has 1 aromatic rings. The molecule has 4 nitrogen and oxygen atoms in total. The van der Waals surface area contributed by atoms with Crippen LogP contribution in [0.2, 0.25) is 0 Å². The van der Waals surface area contributed by atoms with Crippen molar-refractivity contribution in [2.75, 3.05) is 19.6 Å². The summed E-state index contributed by atoms with van der Waals surface area (Å²) in [5.74, 6) is -0.282. The number of primary amides is 1. The zero-order valence-electron chi connectivity index (χ0n) is 10.6. The summed E-state index contributed by atoms with van der Waals surface area (Å²) in [7, 11) is 0. The standard InChI is InChI=1S/C14H21N3O/c15-14(18)9-16-13-7-4-8-17(11-13)10-12-5-2-1-3-6-12/h1-3,5-6,13,16H,4,7-11H2,(H2,15,18). The molecule has 1 aromatic carbocycles. The van der Waals surface area contributed by atoms with Crippen LogP contribution in [0.15, 0.2) is 30.3 Å². The number of likely N-dealkylation sites (tertiary alicyclic amines) is 1. The second kappa shape index (κ2) is 6.52. The average Bonchev–Trinajstić information content (AvgIpc) is 2.38. The molecule has 1 saturated heterocycles. The summed E-state index contributed by atoms with van der Waals surface area (Å²) in [6.07, 6.45) is 2.29. The van der Waals surface area contributed by atoms with Crippen molar-refractivity contribution >= 4 is 5.91 Å². The first kappa shape index (κ1) is 13.1. The Kier molecular flexibility index (Phi) is 4.73. The minimum atomic E-state index is -0.282. The largest absolute Gasteiger partial charge is 0.369 e. The highest BCUT2D eigenvalue weighted by Crippen LogP contribution is 2.13. The smallest absolute Gasteiger partial charge is 0.231 e. The molecule has 98 valence electrons. The highest BCUT2D eigenvalue weighted by atomic mass is 16.1. The lowest BCUT2D eigenvalue weighted by Gasteiger charge is -2.33. The lowest BCUT2D eigenvalue weighted by atomic mass is 10.0. The van der Waals surface area contributed by atoms with E-state index in [0.717, 1.165) is 26.1 Å². The molecule has 0 radical (unpaired) electrons. The molecular weight excluding hydrogens is 226 g/mol. The lowest BCUT2D eigenvalue weighted by Crippen LogP contribution is -2.47. The fourth-order valence-electron chi connectivity index (χ4n) is 2.45. The maximum absolute atomic E-state index is 10.8. The first-order valence-corrected chi connectivity index (χ1v) is 6.52. The number of carbonyl (C=O) groups is 1. The molecule has 1 aliphatic heterocycles. The van der Waals surface area contributed by atoms with Crippen molar-refractivity contribution in [3.63, 3.8) is 0 Å². The molecule has 0 saturated carbocycles. The highest BCUT2D eigenvalue weighted by molar-refractivity contribution is 5.75. The first-order valence-electron chi connectivity index (χ1n) is 6.52. The molecule has 1 heterocycles. The Labute approximate surface area is 108 Å². The van der Waals surface area contributed by atoms with Crippen LogP contribution < -0.4 is 11.1 Å². The van der Waals surface area contributed by atoms with Gasteiger partial charge in [-0.15, -0.1) is 0 Å². The van der Waals surface area contributed by atoms with Gasteiger partial charge in [-0.1, -0.05) is 30.3 Å². The number of rotatable bonds is 5. The normalized spacial score (nSPS) is 20.8. The zero-order chi connectivity index (χ0) is 12.8. The number of amides is 1. The minimum absolute atomic E-state index is 0.282. The van der Waals surface area contributed by atoms with E-state index in [0.29, 0.717) is 6.04 Å². The highest BCUT2D eigenvalue weighted by Gasteiger charge is 2.19. The third kappa shape index (κ3) is 4.13. The van der Waals surface area contributed by atoms with Gasteiger partial charge in [-0.05, 0) is 24.9 Å². The van der Waals surface area contributed by atoms with Crippen molar-refractivity contribution in [1.29, 1.82) is 0 Å². The Morgan fingerprint density at radius 1 is 1.39 bits per heavy atom. The van der Waals surface area contributed by atoms with Gasteiger partial charge in [-0.2, -0.15) is 0 Å². The van der Waals surface area contributed by atoms with Gasteiger partial charge in [0.1, 0.15) is 0 Å². The molecule has 0 spiro atoms. The van der Waals surface area contributed by atoms with Crippen LogP contribution in [-0.2, 0) is 11.3 Å². The number of nitrogens with zero attached hydrogens (tertiary/aromatic N) is 1. The Bertz CT molecular complexity index is 380. The van der Waals surface area contributed by atoms with Crippen LogP contribution in [0.5, 0.6) is 0 Å². The molecule has 2 rings (SSSR count). The molecule has 4 heteroatoms. The van der Waals surface area contributed by atoms with E-state index in [1.807, 2.05) is 6.07 Å². The van der Waals surface area contributed by atoms with Crippen LogP contribution in [0.3, 0.4) is 0 Å². The van der Waals surface area contributed by atoms with E-state index in [2.05, 4.69) is 34.5 Å². The van der Waals surface area contributed by atoms with Crippen molar-refractivity contribution in [3.8, 4) is 0 Å². The van der Waals surface area contributed by atoms with E-state index in [4.69, 9.17) is 5.73 Å². The number of piperidine rings is 1. The number of hydrogen-bond donors (Lipinski definition) is 2. The quantitative estimate of drug-likeness (QED) is 0.806. The molecule has 1 unspecified atom stereocenters.